The predicted octanol–water partition coefficient (Wildman–Crippen LogP) is 5.33. The molecule has 0 bridgehead atoms. The van der Waals surface area contributed by atoms with Crippen molar-refractivity contribution in [2.24, 2.45) is 0 Å². The van der Waals surface area contributed by atoms with Gasteiger partial charge in [0.25, 0.3) is 0 Å². The Bertz CT molecular complexity index is 1260. The first-order valence-electron chi connectivity index (χ1n) is 12.1. The average Bonchev–Trinajstić information content (AvgIpc) is 3.23. The van der Waals surface area contributed by atoms with E-state index in [1.807, 2.05) is 42.6 Å². The number of hydrogen-bond acceptors (Lipinski definition) is 4. The van der Waals surface area contributed by atoms with Crippen LogP contribution in [0.25, 0.3) is 22.6 Å². The SMILES string of the molecule is CC(=O)Nc1cccc(C2CCN(CCCn3c(-c4ccccn4)nc4ccccc43)CC2)c1. The Kier molecular flexibility index (Phi) is 6.67. The molecule has 3 heterocycles. The van der Waals surface area contributed by atoms with Gasteiger partial charge in [-0.25, -0.2) is 4.98 Å². The molecule has 2 aromatic heterocycles. The second kappa shape index (κ2) is 10.2. The monoisotopic (exact) mass is 453 g/mol. The highest BCUT2D eigenvalue weighted by molar-refractivity contribution is 5.88. The van der Waals surface area contributed by atoms with Crippen LogP contribution in [0.1, 0.15) is 37.7 Å². The molecular weight excluding hydrogens is 422 g/mol. The first-order valence-corrected chi connectivity index (χ1v) is 12.1. The summed E-state index contributed by atoms with van der Waals surface area (Å²) in [6.45, 7) is 5.76. The van der Waals surface area contributed by atoms with Crippen molar-refractivity contribution in [3.05, 3.63) is 78.5 Å². The minimum absolute atomic E-state index is 0.0242. The number of amides is 1. The fourth-order valence-corrected chi connectivity index (χ4v) is 5.01. The number of para-hydroxylation sites is 2. The number of imidazole rings is 1. The normalized spacial score (nSPS) is 15.0. The molecule has 0 aliphatic carbocycles. The molecule has 1 amide bonds. The molecule has 6 nitrogen and oxygen atoms in total. The largest absolute Gasteiger partial charge is 0.326 e. The highest BCUT2D eigenvalue weighted by Crippen LogP contribution is 2.30. The van der Waals surface area contributed by atoms with Crippen LogP contribution in [0.4, 0.5) is 5.69 Å². The Labute approximate surface area is 200 Å². The number of carbonyl (C=O) groups is 1. The molecule has 0 unspecified atom stereocenters. The Morgan fingerprint density at radius 1 is 1.00 bits per heavy atom. The number of aromatic nitrogens is 3. The van der Waals surface area contributed by atoms with Crippen molar-refractivity contribution in [2.75, 3.05) is 25.0 Å². The number of hydrogen-bond donors (Lipinski definition) is 1. The molecule has 1 aliphatic rings. The number of nitrogens with one attached hydrogen (secondary N) is 1. The minimum atomic E-state index is -0.0242. The zero-order valence-corrected chi connectivity index (χ0v) is 19.7. The number of likely N-dealkylation sites (tertiary alicyclic amines) is 1. The number of fused-ring (bicyclic) bond motifs is 1. The van der Waals surface area contributed by atoms with Gasteiger partial charge in [0.05, 0.1) is 11.0 Å². The van der Waals surface area contributed by atoms with Gasteiger partial charge in [-0.2, -0.15) is 0 Å². The Morgan fingerprint density at radius 2 is 1.82 bits per heavy atom. The number of piperidine rings is 1. The van der Waals surface area contributed by atoms with Crippen molar-refractivity contribution >= 4 is 22.6 Å². The molecule has 1 saturated heterocycles. The first kappa shape index (κ1) is 22.3. The molecule has 2 aromatic carbocycles. The maximum Gasteiger partial charge on any atom is 0.221 e. The third-order valence-corrected chi connectivity index (χ3v) is 6.67. The number of rotatable bonds is 7. The third kappa shape index (κ3) is 5.02. The molecule has 0 saturated carbocycles. The Balaban J connectivity index is 1.20. The summed E-state index contributed by atoms with van der Waals surface area (Å²) in [4.78, 5) is 23.4. The van der Waals surface area contributed by atoms with Crippen LogP contribution in [0.15, 0.2) is 72.9 Å². The van der Waals surface area contributed by atoms with Gasteiger partial charge in [-0.15, -0.1) is 0 Å². The summed E-state index contributed by atoms with van der Waals surface area (Å²) in [5.41, 5.74) is 5.33. The van der Waals surface area contributed by atoms with Gasteiger partial charge in [0.15, 0.2) is 5.82 Å². The van der Waals surface area contributed by atoms with E-state index in [2.05, 4.69) is 50.1 Å². The summed E-state index contributed by atoms with van der Waals surface area (Å²) in [6, 6.07) is 22.6. The fraction of sp³-hybridized carbons (Fsp3) is 0.321. The summed E-state index contributed by atoms with van der Waals surface area (Å²) >= 11 is 0. The summed E-state index contributed by atoms with van der Waals surface area (Å²) in [5.74, 6) is 1.47. The molecule has 0 atom stereocenters. The first-order chi connectivity index (χ1) is 16.7. The van der Waals surface area contributed by atoms with Crippen LogP contribution >= 0.6 is 0 Å². The van der Waals surface area contributed by atoms with Gasteiger partial charge in [-0.05, 0) is 86.8 Å². The van der Waals surface area contributed by atoms with Crippen LogP contribution in [0.2, 0.25) is 0 Å². The van der Waals surface area contributed by atoms with Gasteiger partial charge in [0.1, 0.15) is 5.69 Å². The quantitative estimate of drug-likeness (QED) is 0.411. The second-order valence-electron chi connectivity index (χ2n) is 9.07. The van der Waals surface area contributed by atoms with E-state index in [1.165, 1.54) is 11.1 Å². The summed E-state index contributed by atoms with van der Waals surface area (Å²) in [5, 5.41) is 2.90. The van der Waals surface area contributed by atoms with Crippen molar-refractivity contribution in [1.29, 1.82) is 0 Å². The molecule has 0 radical (unpaired) electrons. The van der Waals surface area contributed by atoms with Crippen LogP contribution in [0.3, 0.4) is 0 Å². The lowest BCUT2D eigenvalue weighted by atomic mass is 9.89. The van der Waals surface area contributed by atoms with Crippen LogP contribution in [0.5, 0.6) is 0 Å². The minimum Gasteiger partial charge on any atom is -0.326 e. The van der Waals surface area contributed by atoms with E-state index in [0.29, 0.717) is 5.92 Å². The van der Waals surface area contributed by atoms with E-state index >= 15 is 0 Å². The van der Waals surface area contributed by atoms with Crippen LogP contribution in [-0.2, 0) is 11.3 Å². The standard InChI is InChI=1S/C28H31N5O/c1-21(34)30-24-9-6-8-23(20-24)22-13-18-32(19-14-22)16-7-17-33-27-12-3-2-10-25(27)31-28(33)26-11-4-5-15-29-26/h2-6,8-12,15,20,22H,7,13-14,16-19H2,1H3,(H,30,34). The summed E-state index contributed by atoms with van der Waals surface area (Å²) in [6.07, 6.45) is 5.20. The van der Waals surface area contributed by atoms with Gasteiger partial charge >= 0.3 is 0 Å². The predicted molar refractivity (Wildman–Crippen MR) is 137 cm³/mol. The maximum atomic E-state index is 11.4. The van der Waals surface area contributed by atoms with E-state index < -0.39 is 0 Å². The zero-order chi connectivity index (χ0) is 23.3. The van der Waals surface area contributed by atoms with Crippen LogP contribution in [-0.4, -0.2) is 45.0 Å². The second-order valence-corrected chi connectivity index (χ2v) is 9.07. The van der Waals surface area contributed by atoms with Gasteiger partial charge in [0.2, 0.25) is 5.91 Å². The molecule has 34 heavy (non-hydrogen) atoms. The molecule has 1 N–H and O–H groups in total. The number of pyridine rings is 1. The highest BCUT2D eigenvalue weighted by atomic mass is 16.1. The molecule has 1 aliphatic heterocycles. The van der Waals surface area contributed by atoms with Crippen molar-refractivity contribution in [3.8, 4) is 11.5 Å². The lowest BCUT2D eigenvalue weighted by Crippen LogP contribution is -2.34. The molecule has 1 fully saturated rings. The van der Waals surface area contributed by atoms with E-state index in [1.54, 1.807) is 6.92 Å². The van der Waals surface area contributed by atoms with E-state index in [4.69, 9.17) is 4.98 Å². The van der Waals surface area contributed by atoms with Crippen LogP contribution in [0, 0.1) is 0 Å². The van der Waals surface area contributed by atoms with E-state index in [0.717, 1.165) is 68.2 Å². The molecule has 5 rings (SSSR count). The Hall–Kier alpha value is -3.51. The molecule has 4 aromatic rings. The molecule has 0 spiro atoms. The molecule has 174 valence electrons. The smallest absolute Gasteiger partial charge is 0.221 e. The fourth-order valence-electron chi connectivity index (χ4n) is 5.01. The van der Waals surface area contributed by atoms with Crippen molar-refractivity contribution in [2.45, 2.75) is 38.6 Å². The lowest BCUT2D eigenvalue weighted by molar-refractivity contribution is -0.114. The highest BCUT2D eigenvalue weighted by Gasteiger charge is 2.21. The summed E-state index contributed by atoms with van der Waals surface area (Å²) in [7, 11) is 0. The van der Waals surface area contributed by atoms with Gasteiger partial charge in [0, 0.05) is 25.4 Å². The van der Waals surface area contributed by atoms with Gasteiger partial charge < -0.3 is 14.8 Å². The number of anilines is 1. The Morgan fingerprint density at radius 3 is 2.62 bits per heavy atom. The maximum absolute atomic E-state index is 11.4. The number of aryl methyl sites for hydroxylation is 1. The van der Waals surface area contributed by atoms with Crippen molar-refractivity contribution in [3.63, 3.8) is 0 Å². The van der Waals surface area contributed by atoms with Crippen molar-refractivity contribution < 1.29 is 4.79 Å². The molecule has 6 heteroatoms. The van der Waals surface area contributed by atoms with E-state index in [-0.39, 0.29) is 5.91 Å². The zero-order valence-electron chi connectivity index (χ0n) is 19.7. The average molecular weight is 454 g/mol. The number of carbonyl (C=O) groups excluding carboxylic acids is 1. The number of nitrogens with zero attached hydrogens (tertiary/aromatic N) is 4. The number of benzene rings is 2. The van der Waals surface area contributed by atoms with Gasteiger partial charge in [-0.3, -0.25) is 9.78 Å². The van der Waals surface area contributed by atoms with Crippen molar-refractivity contribution in [1.82, 2.24) is 19.4 Å². The summed E-state index contributed by atoms with van der Waals surface area (Å²) < 4.78 is 2.32. The topological polar surface area (TPSA) is 63.1 Å². The lowest BCUT2D eigenvalue weighted by Gasteiger charge is -2.32. The van der Waals surface area contributed by atoms with Crippen LogP contribution < -0.4 is 5.32 Å². The third-order valence-electron chi connectivity index (χ3n) is 6.67. The van der Waals surface area contributed by atoms with Gasteiger partial charge in [-0.1, -0.05) is 30.3 Å². The van der Waals surface area contributed by atoms with E-state index in [9.17, 15) is 4.79 Å². The molecular formula is C28H31N5O.